The summed E-state index contributed by atoms with van der Waals surface area (Å²) in [6.07, 6.45) is 7.45. The summed E-state index contributed by atoms with van der Waals surface area (Å²) in [5.41, 5.74) is 0. The molecule has 3 nitrogen and oxygen atoms in total. The molecular weight excluding hydrogens is 231 g/mol. The molecule has 2 fully saturated rings. The van der Waals surface area contributed by atoms with Gasteiger partial charge in [-0.15, -0.1) is 0 Å². The van der Waals surface area contributed by atoms with Crippen molar-refractivity contribution in [3.05, 3.63) is 24.1 Å². The number of hydrogen-bond acceptors (Lipinski definition) is 3. The Morgan fingerprint density at radius 1 is 1.17 bits per heavy atom. The van der Waals surface area contributed by atoms with Gasteiger partial charge >= 0.3 is 0 Å². The Bertz CT molecular complexity index is 405. The van der Waals surface area contributed by atoms with Gasteiger partial charge in [0.2, 0.25) is 0 Å². The standard InChI is InChI=1S/C14H19FN2O/c15-10-5-8-14(16-9-10)17(11-6-7-11)12-3-1-2-4-13(12)18/h5,8-9,11-13,18H,1-4,6-7H2. The first-order valence-electron chi connectivity index (χ1n) is 6.83. The normalized spacial score (nSPS) is 28.1. The molecule has 0 spiro atoms. The molecule has 0 amide bonds. The smallest absolute Gasteiger partial charge is 0.141 e. The van der Waals surface area contributed by atoms with Crippen LogP contribution in [0.15, 0.2) is 18.3 Å². The monoisotopic (exact) mass is 250 g/mol. The third-order valence-corrected chi connectivity index (χ3v) is 3.97. The Morgan fingerprint density at radius 2 is 1.94 bits per heavy atom. The summed E-state index contributed by atoms with van der Waals surface area (Å²) in [5, 5.41) is 10.2. The van der Waals surface area contributed by atoms with Gasteiger partial charge < -0.3 is 10.0 Å². The molecule has 18 heavy (non-hydrogen) atoms. The summed E-state index contributed by atoms with van der Waals surface area (Å²) in [7, 11) is 0. The maximum absolute atomic E-state index is 13.0. The van der Waals surface area contributed by atoms with E-state index in [0.29, 0.717) is 6.04 Å². The highest BCUT2D eigenvalue weighted by Gasteiger charge is 2.38. The van der Waals surface area contributed by atoms with Crippen molar-refractivity contribution in [3.63, 3.8) is 0 Å². The van der Waals surface area contributed by atoms with Crippen LogP contribution in [0.25, 0.3) is 0 Å². The van der Waals surface area contributed by atoms with E-state index in [2.05, 4.69) is 9.88 Å². The molecule has 4 heteroatoms. The van der Waals surface area contributed by atoms with Gasteiger partial charge in [-0.05, 0) is 37.8 Å². The maximum atomic E-state index is 13.0. The molecule has 0 aliphatic heterocycles. The zero-order valence-corrected chi connectivity index (χ0v) is 10.4. The molecule has 1 heterocycles. The van der Waals surface area contributed by atoms with Gasteiger partial charge in [0.05, 0.1) is 18.3 Å². The molecule has 1 aromatic rings. The summed E-state index contributed by atoms with van der Waals surface area (Å²) < 4.78 is 13.0. The Hall–Kier alpha value is -1.16. The van der Waals surface area contributed by atoms with Crippen LogP contribution in [0.1, 0.15) is 38.5 Å². The fraction of sp³-hybridized carbons (Fsp3) is 0.643. The molecule has 2 aliphatic rings. The second-order valence-electron chi connectivity index (χ2n) is 5.39. The first kappa shape index (κ1) is 11.9. The summed E-state index contributed by atoms with van der Waals surface area (Å²) >= 11 is 0. The number of rotatable bonds is 3. The fourth-order valence-electron chi connectivity index (χ4n) is 2.92. The SMILES string of the molecule is OC1CCCCC1N(c1ccc(F)cn1)C1CC1. The van der Waals surface area contributed by atoms with Crippen LogP contribution in [0.4, 0.5) is 10.2 Å². The third-order valence-electron chi connectivity index (χ3n) is 3.97. The van der Waals surface area contributed by atoms with Crippen LogP contribution >= 0.6 is 0 Å². The lowest BCUT2D eigenvalue weighted by Gasteiger charge is -2.38. The summed E-state index contributed by atoms with van der Waals surface area (Å²) in [4.78, 5) is 6.41. The highest BCUT2D eigenvalue weighted by Crippen LogP contribution is 2.36. The number of anilines is 1. The number of aromatic nitrogens is 1. The maximum Gasteiger partial charge on any atom is 0.141 e. The lowest BCUT2D eigenvalue weighted by atomic mass is 9.91. The van der Waals surface area contributed by atoms with Crippen molar-refractivity contribution in [1.29, 1.82) is 0 Å². The minimum absolute atomic E-state index is 0.157. The van der Waals surface area contributed by atoms with Crippen LogP contribution in [0.5, 0.6) is 0 Å². The predicted octanol–water partition coefficient (Wildman–Crippen LogP) is 2.49. The molecule has 2 unspecified atom stereocenters. The van der Waals surface area contributed by atoms with E-state index < -0.39 is 0 Å². The van der Waals surface area contributed by atoms with E-state index in [9.17, 15) is 9.50 Å². The van der Waals surface area contributed by atoms with Gasteiger partial charge in [0, 0.05) is 6.04 Å². The van der Waals surface area contributed by atoms with Crippen molar-refractivity contribution in [2.75, 3.05) is 4.90 Å². The molecule has 3 rings (SSSR count). The molecule has 0 saturated heterocycles. The van der Waals surface area contributed by atoms with Crippen molar-refractivity contribution >= 4 is 5.82 Å². The van der Waals surface area contributed by atoms with Crippen LogP contribution in [-0.2, 0) is 0 Å². The zero-order chi connectivity index (χ0) is 12.5. The summed E-state index contributed by atoms with van der Waals surface area (Å²) in [5.74, 6) is 0.503. The number of nitrogens with zero attached hydrogens (tertiary/aromatic N) is 2. The van der Waals surface area contributed by atoms with Gasteiger partial charge in [0.1, 0.15) is 11.6 Å². The van der Waals surface area contributed by atoms with Crippen molar-refractivity contribution < 1.29 is 9.50 Å². The topological polar surface area (TPSA) is 36.4 Å². The largest absolute Gasteiger partial charge is 0.391 e. The fourth-order valence-corrected chi connectivity index (χ4v) is 2.92. The van der Waals surface area contributed by atoms with Crippen LogP contribution in [0, 0.1) is 5.82 Å². The van der Waals surface area contributed by atoms with Gasteiger partial charge in [-0.3, -0.25) is 0 Å². The van der Waals surface area contributed by atoms with Crippen molar-refractivity contribution in [2.24, 2.45) is 0 Å². The molecule has 0 bridgehead atoms. The third kappa shape index (κ3) is 2.34. The number of aliphatic hydroxyl groups is 1. The molecule has 98 valence electrons. The number of halogens is 1. The lowest BCUT2D eigenvalue weighted by molar-refractivity contribution is 0.103. The van der Waals surface area contributed by atoms with Crippen LogP contribution in [0.2, 0.25) is 0 Å². The number of hydrogen-bond donors (Lipinski definition) is 1. The van der Waals surface area contributed by atoms with Gasteiger partial charge in [0.15, 0.2) is 0 Å². The Balaban J connectivity index is 1.85. The minimum atomic E-state index is -0.307. The predicted molar refractivity (Wildman–Crippen MR) is 68.0 cm³/mol. The Morgan fingerprint density at radius 3 is 2.56 bits per heavy atom. The average Bonchev–Trinajstić information content (AvgIpc) is 3.19. The molecule has 1 N–H and O–H groups in total. The van der Waals surface area contributed by atoms with Gasteiger partial charge in [-0.25, -0.2) is 9.37 Å². The van der Waals surface area contributed by atoms with Crippen LogP contribution in [0.3, 0.4) is 0 Å². The molecule has 2 saturated carbocycles. The summed E-state index contributed by atoms with van der Waals surface area (Å²) in [6, 6.07) is 3.83. The van der Waals surface area contributed by atoms with E-state index in [0.717, 1.165) is 44.3 Å². The zero-order valence-electron chi connectivity index (χ0n) is 10.4. The number of aliphatic hydroxyl groups excluding tert-OH is 1. The Labute approximate surface area is 107 Å². The van der Waals surface area contributed by atoms with Crippen LogP contribution in [-0.4, -0.2) is 28.3 Å². The highest BCUT2D eigenvalue weighted by atomic mass is 19.1. The average molecular weight is 250 g/mol. The second kappa shape index (κ2) is 4.84. The lowest BCUT2D eigenvalue weighted by Crippen LogP contribution is -2.47. The van der Waals surface area contributed by atoms with Crippen molar-refractivity contribution in [1.82, 2.24) is 4.98 Å². The van der Waals surface area contributed by atoms with Crippen LogP contribution < -0.4 is 4.90 Å². The van der Waals surface area contributed by atoms with Gasteiger partial charge in [-0.1, -0.05) is 12.8 Å². The molecule has 1 aromatic heterocycles. The first-order chi connectivity index (χ1) is 8.75. The van der Waals surface area contributed by atoms with E-state index in [1.54, 1.807) is 6.07 Å². The van der Waals surface area contributed by atoms with Gasteiger partial charge in [-0.2, -0.15) is 0 Å². The highest BCUT2D eigenvalue weighted by molar-refractivity contribution is 5.43. The Kier molecular flexibility index (Phi) is 3.20. The van der Waals surface area contributed by atoms with Crippen molar-refractivity contribution in [2.45, 2.75) is 56.7 Å². The molecular formula is C14H19FN2O. The van der Waals surface area contributed by atoms with E-state index in [4.69, 9.17) is 0 Å². The number of pyridine rings is 1. The molecule has 0 aromatic carbocycles. The summed E-state index contributed by atoms with van der Waals surface area (Å²) in [6.45, 7) is 0. The minimum Gasteiger partial charge on any atom is -0.391 e. The second-order valence-corrected chi connectivity index (χ2v) is 5.39. The molecule has 2 aliphatic carbocycles. The molecule has 0 radical (unpaired) electrons. The quantitative estimate of drug-likeness (QED) is 0.895. The van der Waals surface area contributed by atoms with Crippen molar-refractivity contribution in [3.8, 4) is 0 Å². The van der Waals surface area contributed by atoms with E-state index in [1.165, 1.54) is 12.3 Å². The first-order valence-corrected chi connectivity index (χ1v) is 6.83. The van der Waals surface area contributed by atoms with E-state index in [1.807, 2.05) is 0 Å². The van der Waals surface area contributed by atoms with E-state index in [-0.39, 0.29) is 18.0 Å². The van der Waals surface area contributed by atoms with E-state index >= 15 is 0 Å². The molecule has 2 atom stereocenters. The van der Waals surface area contributed by atoms with Gasteiger partial charge in [0.25, 0.3) is 0 Å².